The molecule has 564 valence electrons. The zero-order valence-electron chi connectivity index (χ0n) is 57.5. The topological polar surface area (TPSA) is 316 Å². The molecule has 0 bridgehead atoms. The quantitative estimate of drug-likeness (QED) is 0.0713. The third-order valence-electron chi connectivity index (χ3n) is 16.2. The molecular weight excluding hydrogens is 1550 g/mol. The fourth-order valence-corrected chi connectivity index (χ4v) is 13.8. The van der Waals surface area contributed by atoms with Crippen LogP contribution in [0.1, 0.15) is 53.4 Å². The van der Waals surface area contributed by atoms with Crippen molar-refractivity contribution in [1.82, 2.24) is 42.4 Å². The molecule has 0 atom stereocenters. The van der Waals surface area contributed by atoms with E-state index in [1.165, 1.54) is 93.3 Å². The highest BCUT2D eigenvalue weighted by atomic mass is 35.5. The lowest BCUT2D eigenvalue weighted by atomic mass is 10.1. The lowest BCUT2D eigenvalue weighted by Crippen LogP contribution is -2.36. The summed E-state index contributed by atoms with van der Waals surface area (Å²) in [5.74, 6) is -3.65. The highest BCUT2D eigenvalue weighted by Crippen LogP contribution is 2.41. The van der Waals surface area contributed by atoms with E-state index in [0.29, 0.717) is 84.7 Å². The molecule has 0 saturated heterocycles. The second kappa shape index (κ2) is 31.2. The van der Waals surface area contributed by atoms with Gasteiger partial charge in [-0.1, -0.05) is 48.7 Å². The number of benzene rings is 3. The number of aromatic nitrogens is 9. The van der Waals surface area contributed by atoms with Crippen LogP contribution in [0, 0.1) is 38.3 Å². The van der Waals surface area contributed by atoms with E-state index >= 15 is 0 Å². The van der Waals surface area contributed by atoms with Crippen LogP contribution in [0.15, 0.2) is 101 Å². The van der Waals surface area contributed by atoms with Crippen molar-refractivity contribution < 1.29 is 72.2 Å². The Morgan fingerprint density at radius 3 is 1.26 bits per heavy atom. The smallest absolute Gasteiger partial charge is 0.422 e. The van der Waals surface area contributed by atoms with Crippen LogP contribution in [-0.2, 0) is 82.1 Å². The number of nitrogens with zero attached hydrogens (tertiary/aromatic N) is 9. The Morgan fingerprint density at radius 2 is 0.888 bits per heavy atom. The maximum atomic E-state index is 14.3. The SMILES string of the molecule is Cc1oc2c(c1CC(=O)Nc1nc(-c3cc(Cl)c(OCC(C)C)c(Cl)c3)cs1)c(=O)n(C)c(=O)n2C.Cc1oc2c(c1CC(=O)Nc1nc(-c3ccc(C(F)(F)F)c(F)c3F)cs1)c(=O)n(C)c(=O)n2C.Cc1oc2c(c1CC(=O)Nc1nc(-c3ccc(OCC(F)(F)F)c(Cl)c3)cs1)c(=O)n(C)c(=O)n2C. The molecule has 40 heteroatoms. The third-order valence-corrected chi connectivity index (χ3v) is 19.3. The van der Waals surface area contributed by atoms with Gasteiger partial charge in [0, 0.05) is 91.8 Å². The minimum atomic E-state index is -5.06. The number of aryl methyl sites for hydroxylation is 6. The van der Waals surface area contributed by atoms with Crippen molar-refractivity contribution in [2.45, 2.75) is 66.2 Å². The molecule has 0 saturated carbocycles. The molecule has 0 aliphatic heterocycles. The summed E-state index contributed by atoms with van der Waals surface area (Å²) in [5.41, 5.74) is -2.33. The lowest BCUT2D eigenvalue weighted by molar-refractivity contribution is -0.153. The number of hydrogen-bond donors (Lipinski definition) is 3. The number of anilines is 3. The number of furan rings is 3. The Balaban J connectivity index is 0.000000172. The highest BCUT2D eigenvalue weighted by Gasteiger charge is 2.37. The first kappa shape index (κ1) is 79.1. The number of ether oxygens (including phenoxy) is 2. The van der Waals surface area contributed by atoms with Gasteiger partial charge < -0.3 is 38.7 Å². The van der Waals surface area contributed by atoms with Crippen LogP contribution in [0.3, 0.4) is 0 Å². The van der Waals surface area contributed by atoms with Gasteiger partial charge in [0.05, 0.1) is 63.6 Å². The molecule has 3 aromatic carbocycles. The average molecular weight is 1610 g/mol. The van der Waals surface area contributed by atoms with Crippen molar-refractivity contribution in [3.8, 4) is 45.3 Å². The largest absolute Gasteiger partial charge is 0.490 e. The number of carbonyl (C=O) groups excluding carboxylic acids is 3. The van der Waals surface area contributed by atoms with Gasteiger partial charge in [-0.25, -0.2) is 38.1 Å². The van der Waals surface area contributed by atoms with Crippen LogP contribution in [0.4, 0.5) is 50.5 Å². The van der Waals surface area contributed by atoms with E-state index in [2.05, 4.69) is 35.6 Å². The monoisotopic (exact) mass is 1610 g/mol. The number of rotatable bonds is 17. The van der Waals surface area contributed by atoms with Gasteiger partial charge in [-0.05, 0) is 69.2 Å². The van der Waals surface area contributed by atoms with E-state index < -0.39 is 87.3 Å². The minimum Gasteiger partial charge on any atom is -0.490 e. The van der Waals surface area contributed by atoms with Crippen molar-refractivity contribution in [1.29, 1.82) is 0 Å². The molecule has 0 aliphatic carbocycles. The van der Waals surface area contributed by atoms with Crippen molar-refractivity contribution in [3.63, 3.8) is 0 Å². The summed E-state index contributed by atoms with van der Waals surface area (Å²) in [4.78, 5) is 125. The van der Waals surface area contributed by atoms with Gasteiger partial charge in [0.25, 0.3) is 16.7 Å². The summed E-state index contributed by atoms with van der Waals surface area (Å²) in [6.07, 6.45) is -10.2. The van der Waals surface area contributed by atoms with Gasteiger partial charge in [-0.2, -0.15) is 26.3 Å². The summed E-state index contributed by atoms with van der Waals surface area (Å²) < 4.78 is 137. The number of amides is 3. The number of alkyl halides is 6. The molecular formula is C67H57Cl3F8N12O14S3. The summed E-state index contributed by atoms with van der Waals surface area (Å²) in [6, 6.07) is 8.81. The molecule has 0 fully saturated rings. The van der Waals surface area contributed by atoms with Crippen molar-refractivity contribution in [3.05, 3.63) is 187 Å². The molecule has 0 spiro atoms. The predicted molar refractivity (Wildman–Crippen MR) is 386 cm³/mol. The van der Waals surface area contributed by atoms with Crippen LogP contribution >= 0.6 is 68.8 Å². The summed E-state index contributed by atoms with van der Waals surface area (Å²) >= 11 is 22.0. The maximum Gasteiger partial charge on any atom is 0.422 e. The van der Waals surface area contributed by atoms with Crippen molar-refractivity contribution in [2.24, 2.45) is 48.2 Å². The molecule has 3 N–H and O–H groups in total. The average Bonchev–Trinajstić information content (AvgIpc) is 1.63. The summed E-state index contributed by atoms with van der Waals surface area (Å²) in [7, 11) is 8.40. The zero-order chi connectivity index (χ0) is 78.5. The predicted octanol–water partition coefficient (Wildman–Crippen LogP) is 12.6. The molecule has 3 amide bonds. The van der Waals surface area contributed by atoms with Crippen LogP contribution < -0.4 is 59.2 Å². The number of fused-ring (bicyclic) bond motifs is 3. The van der Waals surface area contributed by atoms with Gasteiger partial charge in [0.15, 0.2) is 39.4 Å². The minimum absolute atomic E-state index is 0.00902. The molecule has 0 radical (unpaired) electrons. The highest BCUT2D eigenvalue weighted by molar-refractivity contribution is 7.14. The second-order valence-corrected chi connectivity index (χ2v) is 28.0. The number of halogens is 11. The van der Waals surface area contributed by atoms with Gasteiger partial charge in [0.1, 0.15) is 39.2 Å². The van der Waals surface area contributed by atoms with E-state index in [-0.39, 0.29) is 96.5 Å². The first-order chi connectivity index (χ1) is 50.1. The molecule has 12 rings (SSSR count). The van der Waals surface area contributed by atoms with Gasteiger partial charge >= 0.3 is 29.4 Å². The van der Waals surface area contributed by atoms with E-state index in [4.69, 9.17) is 52.8 Å². The molecule has 9 aromatic heterocycles. The number of carbonyl (C=O) groups is 3. The Kier molecular flexibility index (Phi) is 23.0. The number of thiazole rings is 3. The normalized spacial score (nSPS) is 11.7. The summed E-state index contributed by atoms with van der Waals surface area (Å²) in [5, 5.41) is 14.2. The Morgan fingerprint density at radius 1 is 0.514 bits per heavy atom. The van der Waals surface area contributed by atoms with Crippen LogP contribution in [-0.4, -0.2) is 79.5 Å². The molecule has 107 heavy (non-hydrogen) atoms. The third kappa shape index (κ3) is 16.7. The fourth-order valence-electron chi connectivity index (χ4n) is 10.7. The molecule has 0 unspecified atom stereocenters. The number of nitrogens with one attached hydrogen (secondary N) is 3. The Labute approximate surface area is 622 Å². The lowest BCUT2D eigenvalue weighted by Gasteiger charge is -2.12. The Bertz CT molecular complexity index is 5930. The Hall–Kier alpha value is -10.5. The standard InChI is InChI=1S/C24H24Cl2N4O5S.C22H18ClF3N4O5S.C21H15F5N4O4S/c1-11(2)9-34-20-15(25)6-13(7-16(20)26)17-10-36-23(27-17)28-18(31)8-14-12(3)35-22-19(14)21(32)29(4)24(33)30(22)5;1-10-12(17-18(32)29(2)21(33)30(3)19(17)35-10)7-16(31)28-20-27-14(8-36-20)11-4-5-15(13(23)6-11)34-9-22(24,25)26;1-8-10(14-17(32)29(2)20(33)30(3)18(14)34-8)6-13(31)28-19-27-12(7-35-19)9-4-5-11(21(24,25)26)16(23)15(9)22/h6-7,10-11H,8-9H2,1-5H3,(H,27,28,31);4-6,8H,7,9H2,1-3H3,(H,27,28,31);4-5,7H,6H2,1-3H3,(H,27,28,31). The van der Waals surface area contributed by atoms with E-state index in [1.54, 1.807) is 36.7 Å². The molecule has 26 nitrogen and oxygen atoms in total. The van der Waals surface area contributed by atoms with Crippen molar-refractivity contribution in [2.75, 3.05) is 29.2 Å². The molecule has 0 aliphatic rings. The first-order valence-corrected chi connectivity index (χ1v) is 34.9. The van der Waals surface area contributed by atoms with Crippen molar-refractivity contribution >= 4 is 135 Å². The van der Waals surface area contributed by atoms with E-state index in [9.17, 15) is 78.3 Å². The summed E-state index contributed by atoms with van der Waals surface area (Å²) in [6.45, 7) is 7.84. The van der Waals surface area contributed by atoms with Crippen LogP contribution in [0.25, 0.3) is 67.1 Å². The van der Waals surface area contributed by atoms with E-state index in [1.807, 2.05) is 13.8 Å². The van der Waals surface area contributed by atoms with E-state index in [0.717, 1.165) is 47.0 Å². The second-order valence-electron chi connectivity index (χ2n) is 24.2. The van der Waals surface area contributed by atoms with Gasteiger partial charge in [-0.15, -0.1) is 34.0 Å². The maximum absolute atomic E-state index is 14.3. The fraction of sp³-hybridized carbons (Fsp3) is 0.284. The van der Waals surface area contributed by atoms with Gasteiger partial charge in [-0.3, -0.25) is 56.2 Å². The molecule has 9 heterocycles. The van der Waals surface area contributed by atoms with Gasteiger partial charge in [0.2, 0.25) is 34.9 Å². The van der Waals surface area contributed by atoms with Crippen LogP contribution in [0.2, 0.25) is 15.1 Å². The molecule has 12 aromatic rings. The first-order valence-electron chi connectivity index (χ1n) is 31.1. The zero-order valence-corrected chi connectivity index (χ0v) is 62.2. The van der Waals surface area contributed by atoms with Crippen LogP contribution in [0.5, 0.6) is 11.5 Å². The number of hydrogen-bond acceptors (Lipinski definition) is 20.